The summed E-state index contributed by atoms with van der Waals surface area (Å²) in [5.41, 5.74) is 2.18. The lowest BCUT2D eigenvalue weighted by molar-refractivity contribution is -0.114. The average molecular weight is 171 g/mol. The molecule has 0 atom stereocenters. The zero-order valence-corrected chi connectivity index (χ0v) is 7.05. The number of rotatable bonds is 1. The first-order valence-corrected chi connectivity index (χ1v) is 4.08. The third kappa shape index (κ3) is 1.51. The van der Waals surface area contributed by atoms with E-state index in [4.69, 9.17) is 0 Å². The fraction of sp³-hybridized carbons (Fsp3) is 0. The smallest absolute Gasteiger partial charge is 0.217 e. The Balaban J connectivity index is 2.39. The van der Waals surface area contributed by atoms with Crippen molar-refractivity contribution in [1.82, 2.24) is 4.90 Å². The van der Waals surface area contributed by atoms with Gasteiger partial charge in [0.25, 0.3) is 0 Å². The van der Waals surface area contributed by atoms with Gasteiger partial charge in [-0.15, -0.1) is 0 Å². The summed E-state index contributed by atoms with van der Waals surface area (Å²) in [5, 5.41) is 0. The first-order valence-electron chi connectivity index (χ1n) is 4.08. The Morgan fingerprint density at radius 1 is 1.08 bits per heavy atom. The molecule has 0 aromatic heterocycles. The Kier molecular flexibility index (Phi) is 1.96. The highest BCUT2D eigenvalue weighted by Gasteiger charge is 2.06. The van der Waals surface area contributed by atoms with Gasteiger partial charge in [0.2, 0.25) is 6.41 Å². The fourth-order valence-corrected chi connectivity index (χ4v) is 1.28. The fourth-order valence-electron chi connectivity index (χ4n) is 1.28. The van der Waals surface area contributed by atoms with Gasteiger partial charge in [-0.3, -0.25) is 9.69 Å². The first kappa shape index (κ1) is 7.80. The van der Waals surface area contributed by atoms with Gasteiger partial charge in [-0.25, -0.2) is 0 Å². The van der Waals surface area contributed by atoms with Crippen LogP contribution < -0.4 is 0 Å². The molecular formula is C11H9NO. The summed E-state index contributed by atoms with van der Waals surface area (Å²) in [7, 11) is 0. The quantitative estimate of drug-likeness (QED) is 0.552. The van der Waals surface area contributed by atoms with Crippen molar-refractivity contribution in [2.45, 2.75) is 0 Å². The van der Waals surface area contributed by atoms with Gasteiger partial charge in [0.15, 0.2) is 0 Å². The molecule has 2 heteroatoms. The van der Waals surface area contributed by atoms with Gasteiger partial charge in [-0.1, -0.05) is 30.4 Å². The lowest BCUT2D eigenvalue weighted by Gasteiger charge is -2.14. The van der Waals surface area contributed by atoms with Crippen molar-refractivity contribution in [3.05, 3.63) is 60.0 Å². The van der Waals surface area contributed by atoms with Gasteiger partial charge >= 0.3 is 0 Å². The van der Waals surface area contributed by atoms with Crippen LogP contribution in [0.2, 0.25) is 0 Å². The van der Waals surface area contributed by atoms with Crippen molar-refractivity contribution in [3.8, 4) is 0 Å². The second-order valence-corrected chi connectivity index (χ2v) is 2.82. The lowest BCUT2D eigenvalue weighted by atomic mass is 10.1. The highest BCUT2D eigenvalue weighted by atomic mass is 16.1. The Hall–Kier alpha value is -1.83. The Morgan fingerprint density at radius 3 is 2.85 bits per heavy atom. The molecule has 1 aliphatic heterocycles. The van der Waals surface area contributed by atoms with E-state index < -0.39 is 0 Å². The molecule has 0 bridgehead atoms. The number of nitrogens with zero attached hydrogens (tertiary/aromatic N) is 1. The van der Waals surface area contributed by atoms with E-state index >= 15 is 0 Å². The number of hydrogen-bond donors (Lipinski definition) is 0. The number of carbonyl (C=O) groups is 1. The maximum atomic E-state index is 10.5. The minimum atomic E-state index is 0.784. The van der Waals surface area contributed by atoms with Crippen molar-refractivity contribution in [1.29, 1.82) is 0 Å². The molecule has 1 heterocycles. The van der Waals surface area contributed by atoms with Crippen LogP contribution in [0.25, 0.3) is 0 Å². The molecular weight excluding hydrogens is 162 g/mol. The van der Waals surface area contributed by atoms with Gasteiger partial charge in [0.05, 0.1) is 0 Å². The first-order chi connectivity index (χ1) is 6.40. The molecule has 1 aliphatic carbocycles. The maximum absolute atomic E-state index is 10.5. The summed E-state index contributed by atoms with van der Waals surface area (Å²) in [5.74, 6) is 0. The SMILES string of the molecule is O=CN1C=CC2=CC=CC=CC2=C1. The summed E-state index contributed by atoms with van der Waals surface area (Å²) < 4.78 is 0. The zero-order chi connectivity index (χ0) is 9.10. The molecule has 0 saturated carbocycles. The van der Waals surface area contributed by atoms with E-state index in [1.54, 1.807) is 6.20 Å². The topological polar surface area (TPSA) is 20.3 Å². The van der Waals surface area contributed by atoms with E-state index in [0.717, 1.165) is 17.6 Å². The molecule has 13 heavy (non-hydrogen) atoms. The van der Waals surface area contributed by atoms with Crippen LogP contribution in [-0.4, -0.2) is 11.3 Å². The number of amides is 1. The van der Waals surface area contributed by atoms with Gasteiger partial charge in [0.1, 0.15) is 0 Å². The molecule has 0 aromatic rings. The molecule has 2 nitrogen and oxygen atoms in total. The monoisotopic (exact) mass is 171 g/mol. The van der Waals surface area contributed by atoms with Crippen LogP contribution in [-0.2, 0) is 4.79 Å². The van der Waals surface area contributed by atoms with Crippen molar-refractivity contribution >= 4 is 6.41 Å². The Morgan fingerprint density at radius 2 is 2.00 bits per heavy atom. The minimum absolute atomic E-state index is 0.784. The van der Waals surface area contributed by atoms with Crippen LogP contribution in [0.1, 0.15) is 0 Å². The van der Waals surface area contributed by atoms with Crippen molar-refractivity contribution in [2.75, 3.05) is 0 Å². The Bertz CT molecular complexity index is 370. The lowest BCUT2D eigenvalue weighted by Crippen LogP contribution is -2.10. The highest BCUT2D eigenvalue weighted by molar-refractivity contribution is 5.59. The van der Waals surface area contributed by atoms with Crippen molar-refractivity contribution in [3.63, 3.8) is 0 Å². The maximum Gasteiger partial charge on any atom is 0.217 e. The van der Waals surface area contributed by atoms with Crippen molar-refractivity contribution < 1.29 is 4.79 Å². The molecule has 2 rings (SSSR count). The van der Waals surface area contributed by atoms with Crippen LogP contribution in [0.4, 0.5) is 0 Å². The molecule has 64 valence electrons. The molecule has 1 amide bonds. The average Bonchev–Trinajstić information content (AvgIpc) is 2.41. The molecule has 0 spiro atoms. The number of fused-ring (bicyclic) bond motifs is 1. The number of carbonyl (C=O) groups excluding carboxylic acids is 1. The molecule has 0 saturated heterocycles. The van der Waals surface area contributed by atoms with Gasteiger partial charge in [0, 0.05) is 12.4 Å². The number of allylic oxidation sites excluding steroid dienone is 8. The van der Waals surface area contributed by atoms with E-state index in [1.165, 1.54) is 4.90 Å². The van der Waals surface area contributed by atoms with Crippen LogP contribution in [0.15, 0.2) is 60.0 Å². The zero-order valence-electron chi connectivity index (χ0n) is 7.05. The summed E-state index contributed by atoms with van der Waals surface area (Å²) in [6.07, 6.45) is 16.2. The molecule has 2 aliphatic rings. The summed E-state index contributed by atoms with van der Waals surface area (Å²) in [6.45, 7) is 0. The van der Waals surface area contributed by atoms with Gasteiger partial charge in [-0.05, 0) is 17.2 Å². The third-order valence-electron chi connectivity index (χ3n) is 1.94. The van der Waals surface area contributed by atoms with E-state index in [0.29, 0.717) is 0 Å². The largest absolute Gasteiger partial charge is 0.297 e. The highest BCUT2D eigenvalue weighted by Crippen LogP contribution is 2.20. The molecule has 0 radical (unpaired) electrons. The van der Waals surface area contributed by atoms with Crippen molar-refractivity contribution in [2.24, 2.45) is 0 Å². The molecule has 0 unspecified atom stereocenters. The second-order valence-electron chi connectivity index (χ2n) is 2.82. The third-order valence-corrected chi connectivity index (χ3v) is 1.94. The van der Waals surface area contributed by atoms with E-state index in [1.807, 2.05) is 42.7 Å². The van der Waals surface area contributed by atoms with Gasteiger partial charge < -0.3 is 0 Å². The van der Waals surface area contributed by atoms with Crippen LogP contribution in [0.3, 0.4) is 0 Å². The van der Waals surface area contributed by atoms with Gasteiger partial charge in [-0.2, -0.15) is 0 Å². The number of hydrogen-bond acceptors (Lipinski definition) is 1. The van der Waals surface area contributed by atoms with E-state index in [-0.39, 0.29) is 0 Å². The summed E-state index contributed by atoms with van der Waals surface area (Å²) in [6, 6.07) is 0. The van der Waals surface area contributed by atoms with E-state index in [9.17, 15) is 4.79 Å². The summed E-state index contributed by atoms with van der Waals surface area (Å²) in [4.78, 5) is 12.0. The molecule has 0 fully saturated rings. The summed E-state index contributed by atoms with van der Waals surface area (Å²) >= 11 is 0. The normalized spacial score (nSPS) is 18.9. The van der Waals surface area contributed by atoms with Crippen LogP contribution >= 0.6 is 0 Å². The van der Waals surface area contributed by atoms with Crippen LogP contribution in [0, 0.1) is 0 Å². The minimum Gasteiger partial charge on any atom is -0.297 e. The van der Waals surface area contributed by atoms with E-state index in [2.05, 4.69) is 0 Å². The molecule has 0 N–H and O–H groups in total. The predicted octanol–water partition coefficient (Wildman–Crippen LogP) is 1.91. The predicted molar refractivity (Wildman–Crippen MR) is 51.5 cm³/mol. The Labute approximate surface area is 76.9 Å². The van der Waals surface area contributed by atoms with Crippen LogP contribution in [0.5, 0.6) is 0 Å². The second kappa shape index (κ2) is 3.27. The molecule has 0 aromatic carbocycles. The standard InChI is InChI=1S/C11H9NO/c13-9-12-7-6-10-4-2-1-3-5-11(10)8-12/h1-9H.